The summed E-state index contributed by atoms with van der Waals surface area (Å²) in [6.45, 7) is 0. The van der Waals surface area contributed by atoms with Crippen molar-refractivity contribution in [1.82, 2.24) is 4.98 Å². The lowest BCUT2D eigenvalue weighted by atomic mass is 10.2. The van der Waals surface area contributed by atoms with Crippen LogP contribution in [0, 0.1) is 0 Å². The lowest BCUT2D eigenvalue weighted by molar-refractivity contribution is 0.259. The van der Waals surface area contributed by atoms with Crippen molar-refractivity contribution in [3.63, 3.8) is 0 Å². The quantitative estimate of drug-likeness (QED) is 0.813. The molecule has 3 N–H and O–H groups in total. The zero-order chi connectivity index (χ0) is 10.7. The van der Waals surface area contributed by atoms with Crippen molar-refractivity contribution < 1.29 is 4.79 Å². The third-order valence-electron chi connectivity index (χ3n) is 1.85. The summed E-state index contributed by atoms with van der Waals surface area (Å²) in [4.78, 5) is 15.0. The maximum absolute atomic E-state index is 10.8. The van der Waals surface area contributed by atoms with Gasteiger partial charge < -0.3 is 11.1 Å². The van der Waals surface area contributed by atoms with Crippen molar-refractivity contribution in [3.8, 4) is 10.6 Å². The molecule has 0 fully saturated rings. The first-order valence-corrected chi connectivity index (χ1v) is 5.20. The highest BCUT2D eigenvalue weighted by Gasteiger charge is 2.07. The predicted molar refractivity (Wildman–Crippen MR) is 60.8 cm³/mol. The molecule has 0 spiro atoms. The molecule has 1 heterocycles. The van der Waals surface area contributed by atoms with Crippen molar-refractivity contribution in [2.75, 3.05) is 5.32 Å². The molecule has 0 aliphatic heterocycles. The number of nitrogens with one attached hydrogen (secondary N) is 1. The first kappa shape index (κ1) is 9.67. The van der Waals surface area contributed by atoms with Gasteiger partial charge in [-0.05, 0) is 12.1 Å². The van der Waals surface area contributed by atoms with E-state index in [4.69, 9.17) is 5.73 Å². The van der Waals surface area contributed by atoms with E-state index >= 15 is 0 Å². The molecular formula is C10H9N3OS. The van der Waals surface area contributed by atoms with E-state index in [1.54, 1.807) is 12.3 Å². The van der Waals surface area contributed by atoms with Crippen LogP contribution < -0.4 is 11.1 Å². The number of carbonyl (C=O) groups is 1. The molecule has 0 aliphatic carbocycles. The van der Waals surface area contributed by atoms with Crippen molar-refractivity contribution in [1.29, 1.82) is 0 Å². The molecule has 76 valence electrons. The summed E-state index contributed by atoms with van der Waals surface area (Å²) in [7, 11) is 0. The molecule has 2 aromatic rings. The second kappa shape index (κ2) is 4.10. The highest BCUT2D eigenvalue weighted by atomic mass is 32.1. The fraction of sp³-hybridized carbons (Fsp3) is 0. The summed E-state index contributed by atoms with van der Waals surface area (Å²) in [5.74, 6) is 0. The lowest BCUT2D eigenvalue weighted by Crippen LogP contribution is -2.19. The minimum Gasteiger partial charge on any atom is -0.351 e. The number of amides is 2. The molecule has 0 aliphatic rings. The number of nitrogens with two attached hydrogens (primary N) is 1. The Balaban J connectivity index is 2.42. The summed E-state index contributed by atoms with van der Waals surface area (Å²) < 4.78 is 0. The number of hydrogen-bond acceptors (Lipinski definition) is 3. The average Bonchev–Trinajstić information content (AvgIpc) is 2.70. The van der Waals surface area contributed by atoms with Gasteiger partial charge >= 0.3 is 6.03 Å². The minimum absolute atomic E-state index is 0.570. The number of benzene rings is 1. The highest BCUT2D eigenvalue weighted by molar-refractivity contribution is 7.13. The van der Waals surface area contributed by atoms with Crippen molar-refractivity contribution >= 4 is 23.1 Å². The summed E-state index contributed by atoms with van der Waals surface area (Å²) in [6.07, 6.45) is 1.72. The number of anilines is 1. The molecule has 0 atom stereocenters. The Bertz CT molecular complexity index is 467. The molecule has 1 aromatic heterocycles. The third kappa shape index (κ3) is 2.13. The molecule has 2 amide bonds. The van der Waals surface area contributed by atoms with E-state index in [0.29, 0.717) is 5.69 Å². The lowest BCUT2D eigenvalue weighted by Gasteiger charge is -2.06. The zero-order valence-electron chi connectivity index (χ0n) is 7.81. The van der Waals surface area contributed by atoms with Gasteiger partial charge in [0.1, 0.15) is 5.01 Å². The van der Waals surface area contributed by atoms with Gasteiger partial charge in [0.2, 0.25) is 0 Å². The Morgan fingerprint density at radius 3 is 2.87 bits per heavy atom. The smallest absolute Gasteiger partial charge is 0.316 e. The number of carbonyl (C=O) groups excluding carboxylic acids is 1. The second-order valence-electron chi connectivity index (χ2n) is 2.87. The molecule has 2 rings (SSSR count). The molecule has 0 unspecified atom stereocenters. The van der Waals surface area contributed by atoms with Gasteiger partial charge in [-0.3, -0.25) is 0 Å². The summed E-state index contributed by atoms with van der Waals surface area (Å²) in [6, 6.07) is 6.84. The van der Waals surface area contributed by atoms with E-state index in [9.17, 15) is 4.79 Å². The van der Waals surface area contributed by atoms with Crippen LogP contribution >= 0.6 is 11.3 Å². The number of urea groups is 1. The Kier molecular flexibility index (Phi) is 2.64. The molecule has 4 nitrogen and oxygen atoms in total. The van der Waals surface area contributed by atoms with Crippen LogP contribution in [0.4, 0.5) is 10.5 Å². The van der Waals surface area contributed by atoms with Crippen LogP contribution in [0.2, 0.25) is 0 Å². The summed E-state index contributed by atoms with van der Waals surface area (Å²) in [5, 5.41) is 5.31. The van der Waals surface area contributed by atoms with E-state index in [1.165, 1.54) is 11.3 Å². The van der Waals surface area contributed by atoms with Crippen LogP contribution in [-0.4, -0.2) is 11.0 Å². The van der Waals surface area contributed by atoms with Gasteiger partial charge in [-0.2, -0.15) is 0 Å². The van der Waals surface area contributed by atoms with Crippen molar-refractivity contribution in [2.24, 2.45) is 5.73 Å². The summed E-state index contributed by atoms with van der Waals surface area (Å²) >= 11 is 1.51. The molecule has 0 radical (unpaired) electrons. The number of para-hydroxylation sites is 1. The second-order valence-corrected chi connectivity index (χ2v) is 3.77. The molecular weight excluding hydrogens is 210 g/mol. The van der Waals surface area contributed by atoms with Gasteiger partial charge in [-0.15, -0.1) is 11.3 Å². The van der Waals surface area contributed by atoms with E-state index in [-0.39, 0.29) is 0 Å². The maximum Gasteiger partial charge on any atom is 0.316 e. The normalized spacial score (nSPS) is 9.87. The molecule has 0 saturated carbocycles. The Hall–Kier alpha value is -1.88. The third-order valence-corrected chi connectivity index (χ3v) is 2.65. The van der Waals surface area contributed by atoms with Crippen LogP contribution in [0.1, 0.15) is 0 Å². The maximum atomic E-state index is 10.8. The van der Waals surface area contributed by atoms with Gasteiger partial charge in [-0.1, -0.05) is 12.1 Å². The van der Waals surface area contributed by atoms with E-state index in [2.05, 4.69) is 10.3 Å². The first-order valence-electron chi connectivity index (χ1n) is 4.33. The fourth-order valence-corrected chi connectivity index (χ4v) is 1.95. The van der Waals surface area contributed by atoms with Gasteiger partial charge in [0.05, 0.1) is 5.69 Å². The highest BCUT2D eigenvalue weighted by Crippen LogP contribution is 2.28. The SMILES string of the molecule is NC(=O)Nc1ccccc1-c1nccs1. The standard InChI is InChI=1S/C10H9N3OS/c11-10(14)13-8-4-2-1-3-7(8)9-12-5-6-15-9/h1-6H,(H3,11,13,14). The molecule has 0 saturated heterocycles. The fourth-order valence-electron chi connectivity index (χ4n) is 1.27. The monoisotopic (exact) mass is 219 g/mol. The largest absolute Gasteiger partial charge is 0.351 e. The van der Waals surface area contributed by atoms with E-state index in [1.807, 2.05) is 23.6 Å². The Morgan fingerprint density at radius 1 is 1.40 bits per heavy atom. The first-order chi connectivity index (χ1) is 7.27. The van der Waals surface area contributed by atoms with Gasteiger partial charge in [0, 0.05) is 17.1 Å². The van der Waals surface area contributed by atoms with Gasteiger partial charge in [0.25, 0.3) is 0 Å². The molecule has 15 heavy (non-hydrogen) atoms. The molecule has 5 heteroatoms. The number of thiazole rings is 1. The summed E-state index contributed by atoms with van der Waals surface area (Å²) in [5.41, 5.74) is 6.64. The van der Waals surface area contributed by atoms with Gasteiger partial charge in [0.15, 0.2) is 0 Å². The molecule has 1 aromatic carbocycles. The van der Waals surface area contributed by atoms with Crippen LogP contribution in [0.5, 0.6) is 0 Å². The number of rotatable bonds is 2. The van der Waals surface area contributed by atoms with E-state index in [0.717, 1.165) is 10.6 Å². The Morgan fingerprint density at radius 2 is 2.20 bits per heavy atom. The zero-order valence-corrected chi connectivity index (χ0v) is 8.62. The number of aromatic nitrogens is 1. The number of primary amides is 1. The van der Waals surface area contributed by atoms with Gasteiger partial charge in [-0.25, -0.2) is 9.78 Å². The van der Waals surface area contributed by atoms with Crippen molar-refractivity contribution in [2.45, 2.75) is 0 Å². The number of nitrogens with zero attached hydrogens (tertiary/aromatic N) is 1. The van der Waals surface area contributed by atoms with Crippen LogP contribution in [-0.2, 0) is 0 Å². The average molecular weight is 219 g/mol. The van der Waals surface area contributed by atoms with Crippen LogP contribution in [0.25, 0.3) is 10.6 Å². The van der Waals surface area contributed by atoms with E-state index < -0.39 is 6.03 Å². The molecule has 0 bridgehead atoms. The van der Waals surface area contributed by atoms with Crippen LogP contribution in [0.3, 0.4) is 0 Å². The topological polar surface area (TPSA) is 68.0 Å². The van der Waals surface area contributed by atoms with Crippen molar-refractivity contribution in [3.05, 3.63) is 35.8 Å². The predicted octanol–water partition coefficient (Wildman–Crippen LogP) is 2.30. The Labute approximate surface area is 90.8 Å². The van der Waals surface area contributed by atoms with Crippen LogP contribution in [0.15, 0.2) is 35.8 Å². The number of hydrogen-bond donors (Lipinski definition) is 2. The minimum atomic E-state index is -0.570.